The Labute approximate surface area is 181 Å². The van der Waals surface area contributed by atoms with Crippen molar-refractivity contribution in [2.24, 2.45) is 10.9 Å². The number of nitrogens with zero attached hydrogens (tertiary/aromatic N) is 2. The lowest BCUT2D eigenvalue weighted by atomic mass is 10.0. The summed E-state index contributed by atoms with van der Waals surface area (Å²) < 4.78 is 10.7. The molecule has 1 heterocycles. The van der Waals surface area contributed by atoms with Crippen LogP contribution in [0.4, 0.5) is 9.59 Å². The Morgan fingerprint density at radius 1 is 1.07 bits per heavy atom. The third kappa shape index (κ3) is 10.0. The first-order valence-electron chi connectivity index (χ1n) is 10.6. The SMILES string of the molecule is CN=C(NCC(NC(=O)OC(C)(C)C)C(C)C)N1CCC(NC(=O)OC(C)(C)C)C1. The minimum Gasteiger partial charge on any atom is -0.444 e. The van der Waals surface area contributed by atoms with E-state index in [-0.39, 0.29) is 18.0 Å². The highest BCUT2D eigenvalue weighted by Crippen LogP contribution is 2.13. The molecule has 1 aliphatic heterocycles. The number of guanidine groups is 1. The number of rotatable bonds is 5. The quantitative estimate of drug-likeness (QED) is 0.460. The van der Waals surface area contributed by atoms with E-state index in [2.05, 4.69) is 25.8 Å². The van der Waals surface area contributed by atoms with E-state index in [9.17, 15) is 9.59 Å². The number of likely N-dealkylation sites (tertiary alicyclic amines) is 1. The summed E-state index contributed by atoms with van der Waals surface area (Å²) in [4.78, 5) is 30.6. The monoisotopic (exact) mass is 427 g/mol. The van der Waals surface area contributed by atoms with Crippen LogP contribution < -0.4 is 16.0 Å². The molecule has 0 aromatic heterocycles. The van der Waals surface area contributed by atoms with Crippen molar-refractivity contribution < 1.29 is 19.1 Å². The number of aliphatic imine (C=N–C) groups is 1. The van der Waals surface area contributed by atoms with Gasteiger partial charge in [0.05, 0.1) is 12.1 Å². The second-order valence-electron chi connectivity index (χ2n) is 10.0. The van der Waals surface area contributed by atoms with E-state index in [1.54, 1.807) is 7.05 Å². The lowest BCUT2D eigenvalue weighted by Crippen LogP contribution is -2.51. The van der Waals surface area contributed by atoms with Gasteiger partial charge in [-0.2, -0.15) is 0 Å². The Bertz CT molecular complexity index is 607. The Morgan fingerprint density at radius 2 is 1.63 bits per heavy atom. The molecule has 0 aromatic carbocycles. The van der Waals surface area contributed by atoms with Crippen molar-refractivity contribution in [3.05, 3.63) is 0 Å². The van der Waals surface area contributed by atoms with E-state index in [4.69, 9.17) is 9.47 Å². The number of carbonyl (C=O) groups excluding carboxylic acids is 2. The van der Waals surface area contributed by atoms with Gasteiger partial charge in [-0.25, -0.2) is 9.59 Å². The van der Waals surface area contributed by atoms with Crippen molar-refractivity contribution in [2.75, 3.05) is 26.7 Å². The maximum absolute atomic E-state index is 12.1. The molecule has 30 heavy (non-hydrogen) atoms. The van der Waals surface area contributed by atoms with E-state index >= 15 is 0 Å². The maximum atomic E-state index is 12.1. The molecule has 9 nitrogen and oxygen atoms in total. The normalized spacial score (nSPS) is 18.8. The molecular formula is C21H41N5O4. The van der Waals surface area contributed by atoms with Crippen LogP contribution in [0.25, 0.3) is 0 Å². The summed E-state index contributed by atoms with van der Waals surface area (Å²) in [7, 11) is 1.72. The summed E-state index contributed by atoms with van der Waals surface area (Å²) in [5.74, 6) is 0.948. The minimum absolute atomic E-state index is 0.000755. The zero-order valence-corrected chi connectivity index (χ0v) is 20.1. The molecule has 0 aromatic rings. The molecule has 0 bridgehead atoms. The van der Waals surface area contributed by atoms with Gasteiger partial charge >= 0.3 is 12.2 Å². The summed E-state index contributed by atoms with van der Waals surface area (Å²) in [5.41, 5.74) is -1.06. The fourth-order valence-corrected chi connectivity index (χ4v) is 2.99. The largest absolute Gasteiger partial charge is 0.444 e. The first-order valence-corrected chi connectivity index (χ1v) is 10.6. The number of hydrogen-bond acceptors (Lipinski definition) is 5. The van der Waals surface area contributed by atoms with E-state index in [1.165, 1.54) is 0 Å². The highest BCUT2D eigenvalue weighted by Gasteiger charge is 2.28. The highest BCUT2D eigenvalue weighted by atomic mass is 16.6. The lowest BCUT2D eigenvalue weighted by molar-refractivity contribution is 0.0486. The van der Waals surface area contributed by atoms with Gasteiger partial charge in [-0.1, -0.05) is 13.8 Å². The van der Waals surface area contributed by atoms with E-state index < -0.39 is 23.4 Å². The maximum Gasteiger partial charge on any atom is 0.407 e. The molecule has 1 fully saturated rings. The summed E-state index contributed by atoms with van der Waals surface area (Å²) in [6, 6.07) is -0.117. The van der Waals surface area contributed by atoms with Gasteiger partial charge in [0, 0.05) is 26.7 Å². The van der Waals surface area contributed by atoms with Gasteiger partial charge in [0.15, 0.2) is 5.96 Å². The van der Waals surface area contributed by atoms with Crippen LogP contribution in [0.5, 0.6) is 0 Å². The molecule has 9 heteroatoms. The van der Waals surface area contributed by atoms with E-state index in [0.717, 1.165) is 18.9 Å². The Morgan fingerprint density at radius 3 is 2.13 bits per heavy atom. The summed E-state index contributed by atoms with van der Waals surface area (Å²) in [6.45, 7) is 17.1. The molecule has 174 valence electrons. The predicted octanol–water partition coefficient (Wildman–Crippen LogP) is 2.71. The van der Waals surface area contributed by atoms with Gasteiger partial charge in [-0.15, -0.1) is 0 Å². The average molecular weight is 428 g/mol. The second-order valence-corrected chi connectivity index (χ2v) is 10.0. The number of ether oxygens (including phenoxy) is 2. The van der Waals surface area contributed by atoms with Gasteiger partial charge in [0.25, 0.3) is 0 Å². The molecule has 2 atom stereocenters. The number of hydrogen-bond donors (Lipinski definition) is 3. The Balaban J connectivity index is 2.56. The zero-order valence-electron chi connectivity index (χ0n) is 20.1. The summed E-state index contributed by atoms with van der Waals surface area (Å²) in [5, 5.41) is 9.18. The minimum atomic E-state index is -0.541. The first-order chi connectivity index (χ1) is 13.7. The predicted molar refractivity (Wildman–Crippen MR) is 119 cm³/mol. The Kier molecular flexibility index (Phi) is 9.24. The average Bonchev–Trinajstić information content (AvgIpc) is 2.98. The molecule has 3 N–H and O–H groups in total. The van der Waals surface area contributed by atoms with Crippen LogP contribution >= 0.6 is 0 Å². The van der Waals surface area contributed by atoms with E-state index in [1.807, 2.05) is 55.4 Å². The van der Waals surface area contributed by atoms with Crippen LogP contribution in [0, 0.1) is 5.92 Å². The summed E-state index contributed by atoms with van der Waals surface area (Å²) in [6.07, 6.45) is -0.0245. The van der Waals surface area contributed by atoms with Crippen LogP contribution in [-0.4, -0.2) is 73.0 Å². The number of alkyl carbamates (subject to hydrolysis) is 2. The highest BCUT2D eigenvalue weighted by molar-refractivity contribution is 5.80. The standard InChI is InChI=1S/C21H41N5O4/c1-14(2)16(25-19(28)30-21(6,7)8)12-23-17(22-9)26-11-10-15(13-26)24-18(27)29-20(3,4)5/h14-16H,10-13H2,1-9H3,(H,22,23)(H,24,27)(H,25,28). The number of amides is 2. The first kappa shape index (κ1) is 25.8. The molecule has 0 spiro atoms. The summed E-state index contributed by atoms with van der Waals surface area (Å²) >= 11 is 0. The third-order valence-corrected chi connectivity index (χ3v) is 4.41. The van der Waals surface area contributed by atoms with E-state index in [0.29, 0.717) is 13.1 Å². The van der Waals surface area contributed by atoms with Gasteiger partial charge in [-0.05, 0) is 53.9 Å². The fourth-order valence-electron chi connectivity index (χ4n) is 2.99. The molecule has 2 amide bonds. The van der Waals surface area contributed by atoms with Crippen LogP contribution in [0.2, 0.25) is 0 Å². The molecule has 0 aliphatic carbocycles. The van der Waals surface area contributed by atoms with Crippen LogP contribution in [-0.2, 0) is 9.47 Å². The smallest absolute Gasteiger partial charge is 0.407 e. The fraction of sp³-hybridized carbons (Fsp3) is 0.857. The Hall–Kier alpha value is -2.19. The molecule has 1 aliphatic rings. The van der Waals surface area contributed by atoms with Gasteiger partial charge in [0.2, 0.25) is 0 Å². The second kappa shape index (κ2) is 10.7. The molecule has 2 unspecified atom stereocenters. The number of carbonyl (C=O) groups is 2. The van der Waals surface area contributed by atoms with Crippen molar-refractivity contribution in [2.45, 2.75) is 85.1 Å². The van der Waals surface area contributed by atoms with Crippen LogP contribution in [0.15, 0.2) is 4.99 Å². The van der Waals surface area contributed by atoms with Gasteiger partial charge in [-0.3, -0.25) is 4.99 Å². The van der Waals surface area contributed by atoms with Gasteiger partial charge < -0.3 is 30.3 Å². The lowest BCUT2D eigenvalue weighted by Gasteiger charge is -2.28. The topological polar surface area (TPSA) is 104 Å². The van der Waals surface area contributed by atoms with Crippen LogP contribution in [0.3, 0.4) is 0 Å². The molecule has 0 saturated carbocycles. The van der Waals surface area contributed by atoms with Crippen LogP contribution in [0.1, 0.15) is 61.8 Å². The zero-order chi connectivity index (χ0) is 23.1. The van der Waals surface area contributed by atoms with Crippen molar-refractivity contribution in [1.29, 1.82) is 0 Å². The molecule has 1 rings (SSSR count). The van der Waals surface area contributed by atoms with Crippen molar-refractivity contribution in [3.8, 4) is 0 Å². The molecule has 0 radical (unpaired) electrons. The van der Waals surface area contributed by atoms with Gasteiger partial charge in [0.1, 0.15) is 11.2 Å². The van der Waals surface area contributed by atoms with Crippen molar-refractivity contribution in [1.82, 2.24) is 20.9 Å². The number of nitrogens with one attached hydrogen (secondary N) is 3. The van der Waals surface area contributed by atoms with Crippen molar-refractivity contribution in [3.63, 3.8) is 0 Å². The molecular weight excluding hydrogens is 386 g/mol. The third-order valence-electron chi connectivity index (χ3n) is 4.41. The van der Waals surface area contributed by atoms with Crippen molar-refractivity contribution >= 4 is 18.1 Å². The molecule has 1 saturated heterocycles.